The van der Waals surface area contributed by atoms with Gasteiger partial charge in [-0.15, -0.1) is 10.2 Å². The first-order chi connectivity index (χ1) is 14.1. The van der Waals surface area contributed by atoms with E-state index in [9.17, 15) is 5.11 Å². The minimum Gasteiger partial charge on any atom is -0.391 e. The number of hydrogen-bond donors (Lipinski definition) is 1. The quantitative estimate of drug-likeness (QED) is 0.579. The topological polar surface area (TPSA) is 79.4 Å². The minimum absolute atomic E-state index is 0.113. The Morgan fingerprint density at radius 2 is 2.00 bits per heavy atom. The van der Waals surface area contributed by atoms with Crippen molar-refractivity contribution in [2.45, 2.75) is 32.3 Å². The SMILES string of the molecule is CC(C)c1cc(N2C[C@@H](Cc3ccc4ccccc4n3)[C@H](O)C2)c2nncn2n1. The highest BCUT2D eigenvalue weighted by atomic mass is 16.3. The van der Waals surface area contributed by atoms with Crippen LogP contribution in [0.25, 0.3) is 16.6 Å². The van der Waals surface area contributed by atoms with Crippen molar-refractivity contribution in [3.63, 3.8) is 0 Å². The lowest BCUT2D eigenvalue weighted by molar-refractivity contribution is 0.148. The Morgan fingerprint density at radius 1 is 1.14 bits per heavy atom. The van der Waals surface area contributed by atoms with Crippen molar-refractivity contribution in [2.24, 2.45) is 5.92 Å². The smallest absolute Gasteiger partial charge is 0.200 e. The number of pyridine rings is 1. The van der Waals surface area contributed by atoms with Crippen molar-refractivity contribution in [1.82, 2.24) is 24.8 Å². The number of benzene rings is 1. The van der Waals surface area contributed by atoms with Crippen LogP contribution in [0.5, 0.6) is 0 Å². The number of anilines is 1. The molecule has 1 aromatic carbocycles. The number of nitrogens with zero attached hydrogens (tertiary/aromatic N) is 6. The molecule has 0 saturated carbocycles. The molecule has 1 aliphatic heterocycles. The number of β-amino-alcohol motifs (C(OH)–C–C–N with tert-alkyl or cyclic N) is 1. The minimum atomic E-state index is -0.415. The van der Waals surface area contributed by atoms with Gasteiger partial charge in [0.2, 0.25) is 5.65 Å². The van der Waals surface area contributed by atoms with E-state index >= 15 is 0 Å². The maximum atomic E-state index is 10.8. The number of aliphatic hydroxyl groups excluding tert-OH is 1. The highest BCUT2D eigenvalue weighted by Gasteiger charge is 2.33. The van der Waals surface area contributed by atoms with E-state index in [1.54, 1.807) is 10.8 Å². The molecule has 1 N–H and O–H groups in total. The summed E-state index contributed by atoms with van der Waals surface area (Å²) in [6.45, 7) is 5.56. The highest BCUT2D eigenvalue weighted by molar-refractivity contribution is 5.78. The molecule has 2 atom stereocenters. The number of aliphatic hydroxyl groups is 1. The molecule has 3 aromatic heterocycles. The van der Waals surface area contributed by atoms with Crippen LogP contribution in [-0.4, -0.2) is 49.1 Å². The lowest BCUT2D eigenvalue weighted by Crippen LogP contribution is -2.22. The van der Waals surface area contributed by atoms with Crippen LogP contribution < -0.4 is 4.90 Å². The number of fused-ring (bicyclic) bond motifs is 2. The molecule has 5 rings (SSSR count). The van der Waals surface area contributed by atoms with Crippen molar-refractivity contribution < 1.29 is 5.11 Å². The summed E-state index contributed by atoms with van der Waals surface area (Å²) in [4.78, 5) is 6.99. The average molecular weight is 388 g/mol. The second-order valence-corrected chi connectivity index (χ2v) is 8.14. The molecular weight excluding hydrogens is 364 g/mol. The summed E-state index contributed by atoms with van der Waals surface area (Å²) in [7, 11) is 0. The van der Waals surface area contributed by atoms with Gasteiger partial charge in [-0.05, 0) is 30.5 Å². The molecule has 0 aliphatic carbocycles. The molecule has 29 heavy (non-hydrogen) atoms. The maximum absolute atomic E-state index is 10.8. The summed E-state index contributed by atoms with van der Waals surface area (Å²) in [5.74, 6) is 0.410. The zero-order chi connectivity index (χ0) is 20.0. The third-order valence-electron chi connectivity index (χ3n) is 5.73. The Labute approximate surface area is 169 Å². The largest absolute Gasteiger partial charge is 0.391 e. The van der Waals surface area contributed by atoms with Crippen LogP contribution in [-0.2, 0) is 6.42 Å². The van der Waals surface area contributed by atoms with E-state index in [4.69, 9.17) is 4.98 Å². The molecule has 0 spiro atoms. The molecule has 148 valence electrons. The Hall–Kier alpha value is -3.06. The van der Waals surface area contributed by atoms with E-state index in [1.165, 1.54) is 0 Å². The number of aromatic nitrogens is 5. The van der Waals surface area contributed by atoms with Gasteiger partial charge in [0.25, 0.3) is 0 Å². The average Bonchev–Trinajstić information content (AvgIpc) is 3.34. The zero-order valence-electron chi connectivity index (χ0n) is 16.6. The van der Waals surface area contributed by atoms with Gasteiger partial charge in [-0.1, -0.05) is 38.1 Å². The molecule has 7 nitrogen and oxygen atoms in total. The van der Waals surface area contributed by atoms with Gasteiger partial charge in [-0.3, -0.25) is 4.98 Å². The first-order valence-corrected chi connectivity index (χ1v) is 10.1. The van der Waals surface area contributed by atoms with E-state index in [1.807, 2.05) is 18.2 Å². The summed E-state index contributed by atoms with van der Waals surface area (Å²) >= 11 is 0. The highest BCUT2D eigenvalue weighted by Crippen LogP contribution is 2.30. The molecule has 1 aliphatic rings. The van der Waals surface area contributed by atoms with Crippen LogP contribution in [0.2, 0.25) is 0 Å². The second kappa shape index (κ2) is 7.08. The summed E-state index contributed by atoms with van der Waals surface area (Å²) < 4.78 is 1.73. The Bertz CT molecular complexity index is 1170. The fraction of sp³-hybridized carbons (Fsp3) is 0.364. The second-order valence-electron chi connectivity index (χ2n) is 8.14. The van der Waals surface area contributed by atoms with Gasteiger partial charge < -0.3 is 10.0 Å². The van der Waals surface area contributed by atoms with Crippen LogP contribution >= 0.6 is 0 Å². The summed E-state index contributed by atoms with van der Waals surface area (Å²) in [5, 5.41) is 24.8. The molecule has 0 radical (unpaired) electrons. The van der Waals surface area contributed by atoms with Crippen LogP contribution in [0, 0.1) is 5.92 Å². The van der Waals surface area contributed by atoms with Crippen LogP contribution in [0.3, 0.4) is 0 Å². The van der Waals surface area contributed by atoms with Crippen molar-refractivity contribution in [3.05, 3.63) is 60.2 Å². The lowest BCUT2D eigenvalue weighted by atomic mass is 9.99. The van der Waals surface area contributed by atoms with Gasteiger partial charge in [0.05, 0.1) is 23.0 Å². The van der Waals surface area contributed by atoms with Gasteiger partial charge >= 0.3 is 0 Å². The predicted molar refractivity (Wildman–Crippen MR) is 112 cm³/mol. The van der Waals surface area contributed by atoms with Gasteiger partial charge in [0.15, 0.2) is 0 Å². The summed E-state index contributed by atoms with van der Waals surface area (Å²) in [6.07, 6.45) is 1.96. The van der Waals surface area contributed by atoms with E-state index in [-0.39, 0.29) is 5.92 Å². The summed E-state index contributed by atoms with van der Waals surface area (Å²) in [6, 6.07) is 14.4. The maximum Gasteiger partial charge on any atom is 0.200 e. The monoisotopic (exact) mass is 388 g/mol. The molecule has 4 heterocycles. The molecule has 1 saturated heterocycles. The third-order valence-corrected chi connectivity index (χ3v) is 5.73. The van der Waals surface area contributed by atoms with E-state index < -0.39 is 6.10 Å². The number of hydrogen-bond acceptors (Lipinski definition) is 6. The fourth-order valence-electron chi connectivity index (χ4n) is 4.09. The summed E-state index contributed by atoms with van der Waals surface area (Å²) in [5.41, 5.74) is 4.71. The van der Waals surface area contributed by atoms with Gasteiger partial charge in [0, 0.05) is 30.1 Å². The lowest BCUT2D eigenvalue weighted by Gasteiger charge is -2.20. The normalized spacial score (nSPS) is 19.7. The molecule has 1 fully saturated rings. The Balaban J connectivity index is 1.42. The van der Waals surface area contributed by atoms with Crippen molar-refractivity contribution >= 4 is 22.2 Å². The van der Waals surface area contributed by atoms with Crippen LogP contribution in [0.15, 0.2) is 48.8 Å². The molecule has 0 amide bonds. The zero-order valence-corrected chi connectivity index (χ0v) is 16.6. The van der Waals surface area contributed by atoms with Crippen LogP contribution in [0.1, 0.15) is 31.2 Å². The first-order valence-electron chi connectivity index (χ1n) is 10.1. The van der Waals surface area contributed by atoms with Crippen LogP contribution in [0.4, 0.5) is 5.69 Å². The number of para-hydroxylation sites is 1. The Kier molecular flexibility index (Phi) is 4.39. The molecular formula is C22H24N6O. The van der Waals surface area contributed by atoms with Gasteiger partial charge in [-0.25, -0.2) is 0 Å². The van der Waals surface area contributed by atoms with Gasteiger partial charge in [-0.2, -0.15) is 9.61 Å². The van der Waals surface area contributed by atoms with Crippen molar-refractivity contribution in [1.29, 1.82) is 0 Å². The van der Waals surface area contributed by atoms with Gasteiger partial charge in [0.1, 0.15) is 6.33 Å². The number of rotatable bonds is 4. The predicted octanol–water partition coefficient (Wildman–Crippen LogP) is 2.84. The molecule has 0 bridgehead atoms. The first kappa shape index (κ1) is 18.0. The fourth-order valence-corrected chi connectivity index (χ4v) is 4.09. The van der Waals surface area contributed by atoms with E-state index in [0.29, 0.717) is 12.5 Å². The Morgan fingerprint density at radius 3 is 2.86 bits per heavy atom. The van der Waals surface area contributed by atoms with Crippen molar-refractivity contribution in [2.75, 3.05) is 18.0 Å². The van der Waals surface area contributed by atoms with E-state index in [2.05, 4.69) is 58.3 Å². The molecule has 4 aromatic rings. The van der Waals surface area contributed by atoms with Crippen molar-refractivity contribution in [3.8, 4) is 0 Å². The van der Waals surface area contributed by atoms with E-state index in [0.717, 1.165) is 46.6 Å². The third kappa shape index (κ3) is 3.31. The molecule has 0 unspecified atom stereocenters. The molecule has 7 heteroatoms. The standard InChI is InChI=1S/C22H24N6O/c1-14(2)19-10-20(22-25-23-13-28(22)26-19)27-11-16(21(29)12-27)9-17-8-7-15-5-3-4-6-18(15)24-17/h3-8,10,13-14,16,21,29H,9,11-12H2,1-2H3/t16-,21-/m1/s1.